The summed E-state index contributed by atoms with van der Waals surface area (Å²) in [5, 5.41) is 9.66. The van der Waals surface area contributed by atoms with Gasteiger partial charge in [0.15, 0.2) is 11.5 Å². The van der Waals surface area contributed by atoms with Gasteiger partial charge in [-0.2, -0.15) is 0 Å². The zero-order valence-corrected chi connectivity index (χ0v) is 9.21. The van der Waals surface area contributed by atoms with Gasteiger partial charge < -0.3 is 9.84 Å². The number of methoxy groups -OCH3 is 1. The molecule has 0 spiro atoms. The summed E-state index contributed by atoms with van der Waals surface area (Å²) < 4.78 is 4.95. The number of phenols is 1. The number of hydrogen-bond donors (Lipinski definition) is 1. The summed E-state index contributed by atoms with van der Waals surface area (Å²) in [6.07, 6.45) is 1.79. The number of aromatic hydroxyl groups is 1. The van der Waals surface area contributed by atoms with Gasteiger partial charge in [0, 0.05) is 5.38 Å². The van der Waals surface area contributed by atoms with Crippen LogP contribution in [0, 0.1) is 0 Å². The molecule has 78 valence electrons. The number of phenolic OH excluding ortho intramolecular Hbond substituents is 1. The van der Waals surface area contributed by atoms with E-state index in [0.717, 1.165) is 18.4 Å². The minimum atomic E-state index is 0.166. The van der Waals surface area contributed by atoms with Gasteiger partial charge in [-0.05, 0) is 37.5 Å². The molecule has 0 aliphatic heterocycles. The second-order valence-electron chi connectivity index (χ2n) is 3.33. The molecule has 0 fully saturated rings. The highest BCUT2D eigenvalue weighted by Crippen LogP contribution is 2.26. The third-order valence-electron chi connectivity index (χ3n) is 2.07. The smallest absolute Gasteiger partial charge is 0.160 e. The molecule has 1 aromatic rings. The molecule has 0 amide bonds. The van der Waals surface area contributed by atoms with Crippen molar-refractivity contribution in [3.8, 4) is 11.5 Å². The van der Waals surface area contributed by atoms with Crippen LogP contribution in [0.4, 0.5) is 0 Å². The Morgan fingerprint density at radius 1 is 1.50 bits per heavy atom. The molecular formula is C11H15ClO2. The van der Waals surface area contributed by atoms with Crippen molar-refractivity contribution < 1.29 is 9.84 Å². The van der Waals surface area contributed by atoms with Gasteiger partial charge in [-0.1, -0.05) is 6.07 Å². The lowest BCUT2D eigenvalue weighted by molar-refractivity contribution is 0.373. The Hall–Kier alpha value is -0.890. The summed E-state index contributed by atoms with van der Waals surface area (Å²) in [7, 11) is 1.54. The van der Waals surface area contributed by atoms with Gasteiger partial charge in [0.2, 0.25) is 0 Å². The molecule has 0 saturated carbocycles. The van der Waals surface area contributed by atoms with Crippen LogP contribution in [0.2, 0.25) is 0 Å². The van der Waals surface area contributed by atoms with Crippen LogP contribution in [0.5, 0.6) is 11.5 Å². The number of hydrogen-bond acceptors (Lipinski definition) is 2. The van der Waals surface area contributed by atoms with E-state index in [0.29, 0.717) is 5.75 Å². The maximum absolute atomic E-state index is 9.50. The molecule has 0 heterocycles. The highest BCUT2D eigenvalue weighted by Gasteiger charge is 2.03. The molecule has 0 aromatic heterocycles. The number of ether oxygens (including phenoxy) is 1. The molecule has 0 saturated heterocycles. The van der Waals surface area contributed by atoms with Crippen LogP contribution in [-0.2, 0) is 6.42 Å². The van der Waals surface area contributed by atoms with E-state index >= 15 is 0 Å². The van der Waals surface area contributed by atoms with Crippen LogP contribution in [0.3, 0.4) is 0 Å². The van der Waals surface area contributed by atoms with Gasteiger partial charge in [-0.15, -0.1) is 11.6 Å². The second kappa shape index (κ2) is 5.11. The maximum Gasteiger partial charge on any atom is 0.160 e. The molecule has 0 bridgehead atoms. The summed E-state index contributed by atoms with van der Waals surface area (Å²) in [5.74, 6) is 0.694. The number of alkyl halides is 1. The first kappa shape index (κ1) is 11.2. The summed E-state index contributed by atoms with van der Waals surface area (Å²) in [4.78, 5) is 0. The molecule has 1 atom stereocenters. The van der Waals surface area contributed by atoms with Crippen molar-refractivity contribution in [2.45, 2.75) is 25.1 Å². The Morgan fingerprint density at radius 3 is 2.71 bits per heavy atom. The lowest BCUT2D eigenvalue weighted by atomic mass is 10.1. The molecule has 0 radical (unpaired) electrons. The first-order valence-electron chi connectivity index (χ1n) is 4.63. The van der Waals surface area contributed by atoms with E-state index in [-0.39, 0.29) is 11.1 Å². The first-order valence-corrected chi connectivity index (χ1v) is 5.07. The third kappa shape index (κ3) is 3.11. The molecule has 14 heavy (non-hydrogen) atoms. The fraction of sp³-hybridized carbons (Fsp3) is 0.455. The summed E-state index contributed by atoms with van der Waals surface area (Å²) >= 11 is 5.84. The lowest BCUT2D eigenvalue weighted by Crippen LogP contribution is -1.94. The number of benzene rings is 1. The van der Waals surface area contributed by atoms with E-state index in [1.54, 1.807) is 12.1 Å². The van der Waals surface area contributed by atoms with Crippen LogP contribution in [0.15, 0.2) is 18.2 Å². The van der Waals surface area contributed by atoms with E-state index in [4.69, 9.17) is 16.3 Å². The number of aryl methyl sites for hydroxylation is 1. The van der Waals surface area contributed by atoms with E-state index in [9.17, 15) is 5.11 Å². The van der Waals surface area contributed by atoms with Gasteiger partial charge in [0.25, 0.3) is 0 Å². The van der Waals surface area contributed by atoms with Crippen molar-refractivity contribution in [2.24, 2.45) is 0 Å². The average Bonchev–Trinajstić information content (AvgIpc) is 2.15. The summed E-state index contributed by atoms with van der Waals surface area (Å²) in [6.45, 7) is 1.96. The SMILES string of the molecule is COc1ccc(CCC(C)Cl)cc1O. The van der Waals surface area contributed by atoms with Crippen LogP contribution in [0.25, 0.3) is 0 Å². The van der Waals surface area contributed by atoms with Gasteiger partial charge in [-0.3, -0.25) is 0 Å². The minimum absolute atomic E-state index is 0.166. The predicted molar refractivity (Wildman–Crippen MR) is 58.3 cm³/mol. The van der Waals surface area contributed by atoms with Gasteiger partial charge in [0.05, 0.1) is 7.11 Å². The molecule has 1 rings (SSSR count). The van der Waals surface area contributed by atoms with Crippen molar-refractivity contribution in [3.63, 3.8) is 0 Å². The Balaban J connectivity index is 2.66. The fourth-order valence-electron chi connectivity index (χ4n) is 1.26. The van der Waals surface area contributed by atoms with E-state index < -0.39 is 0 Å². The van der Waals surface area contributed by atoms with E-state index in [1.165, 1.54) is 7.11 Å². The van der Waals surface area contributed by atoms with Crippen LogP contribution in [-0.4, -0.2) is 17.6 Å². The standard InChI is InChI=1S/C11H15ClO2/c1-8(12)3-4-9-5-6-11(14-2)10(13)7-9/h5-8,13H,3-4H2,1-2H3. The van der Waals surface area contributed by atoms with Crippen molar-refractivity contribution in [1.29, 1.82) is 0 Å². The molecule has 1 unspecified atom stereocenters. The van der Waals surface area contributed by atoms with Crippen LogP contribution >= 0.6 is 11.6 Å². The highest BCUT2D eigenvalue weighted by atomic mass is 35.5. The Morgan fingerprint density at radius 2 is 2.21 bits per heavy atom. The maximum atomic E-state index is 9.50. The Labute approximate surface area is 89.5 Å². The van der Waals surface area contributed by atoms with Crippen molar-refractivity contribution in [1.82, 2.24) is 0 Å². The van der Waals surface area contributed by atoms with E-state index in [1.807, 2.05) is 13.0 Å². The molecular weight excluding hydrogens is 200 g/mol. The van der Waals surface area contributed by atoms with Crippen LogP contribution in [0.1, 0.15) is 18.9 Å². The molecule has 3 heteroatoms. The summed E-state index contributed by atoms with van der Waals surface area (Å²) in [5.41, 5.74) is 1.08. The molecule has 2 nitrogen and oxygen atoms in total. The Kier molecular flexibility index (Phi) is 4.08. The molecule has 1 aromatic carbocycles. The molecule has 0 aliphatic rings. The largest absolute Gasteiger partial charge is 0.504 e. The van der Waals surface area contributed by atoms with Crippen LogP contribution < -0.4 is 4.74 Å². The topological polar surface area (TPSA) is 29.5 Å². The average molecular weight is 215 g/mol. The molecule has 1 N–H and O–H groups in total. The zero-order chi connectivity index (χ0) is 10.6. The third-order valence-corrected chi connectivity index (χ3v) is 2.29. The molecule has 0 aliphatic carbocycles. The lowest BCUT2D eigenvalue weighted by Gasteiger charge is -2.06. The highest BCUT2D eigenvalue weighted by molar-refractivity contribution is 6.20. The monoisotopic (exact) mass is 214 g/mol. The van der Waals surface area contributed by atoms with Crippen molar-refractivity contribution in [2.75, 3.05) is 7.11 Å². The normalized spacial score (nSPS) is 12.5. The van der Waals surface area contributed by atoms with Gasteiger partial charge >= 0.3 is 0 Å². The first-order chi connectivity index (χ1) is 6.63. The van der Waals surface area contributed by atoms with E-state index in [2.05, 4.69) is 0 Å². The quantitative estimate of drug-likeness (QED) is 0.781. The Bertz CT molecular complexity index is 297. The fourth-order valence-corrected chi connectivity index (χ4v) is 1.37. The number of rotatable bonds is 4. The number of halogens is 1. The predicted octanol–water partition coefficient (Wildman–Crippen LogP) is 2.96. The zero-order valence-electron chi connectivity index (χ0n) is 8.46. The minimum Gasteiger partial charge on any atom is -0.504 e. The summed E-state index contributed by atoms with van der Waals surface area (Å²) in [6, 6.07) is 5.43. The van der Waals surface area contributed by atoms with Crippen molar-refractivity contribution in [3.05, 3.63) is 23.8 Å². The van der Waals surface area contributed by atoms with Gasteiger partial charge in [0.1, 0.15) is 0 Å². The van der Waals surface area contributed by atoms with Gasteiger partial charge in [-0.25, -0.2) is 0 Å². The van der Waals surface area contributed by atoms with Crippen molar-refractivity contribution >= 4 is 11.6 Å². The second-order valence-corrected chi connectivity index (χ2v) is 4.07.